The van der Waals surface area contributed by atoms with Crippen molar-refractivity contribution >= 4 is 11.4 Å². The number of hydrogen-bond acceptors (Lipinski definition) is 2. The first-order valence-corrected chi connectivity index (χ1v) is 9.26. The molecule has 2 nitrogen and oxygen atoms in total. The number of benzene rings is 2. The fraction of sp³-hybridized carbons (Fsp3) is 0.250. The number of halogens is 1. The maximum absolute atomic E-state index is 14.3. The van der Waals surface area contributed by atoms with Crippen molar-refractivity contribution in [2.45, 2.75) is 40.2 Å². The lowest BCUT2D eigenvalue weighted by atomic mass is 9.96. The van der Waals surface area contributed by atoms with Gasteiger partial charge in [0.05, 0.1) is 6.04 Å². The van der Waals surface area contributed by atoms with E-state index < -0.39 is 0 Å². The summed E-state index contributed by atoms with van der Waals surface area (Å²) in [6, 6.07) is 9.43. The summed E-state index contributed by atoms with van der Waals surface area (Å²) in [5.41, 5.74) is 8.87. The van der Waals surface area contributed by atoms with Gasteiger partial charge in [-0.2, -0.15) is 0 Å². The summed E-state index contributed by atoms with van der Waals surface area (Å²) in [7, 11) is 0. The first-order chi connectivity index (χ1) is 12.8. The van der Waals surface area contributed by atoms with Gasteiger partial charge in [0.2, 0.25) is 0 Å². The van der Waals surface area contributed by atoms with Crippen LogP contribution in [0.25, 0.3) is 5.70 Å². The minimum absolute atomic E-state index is 0.105. The molecule has 0 fully saturated rings. The second-order valence-corrected chi connectivity index (χ2v) is 7.20. The van der Waals surface area contributed by atoms with E-state index in [0.29, 0.717) is 11.3 Å². The summed E-state index contributed by atoms with van der Waals surface area (Å²) < 4.78 is 14.3. The van der Waals surface area contributed by atoms with Crippen LogP contribution in [0.4, 0.5) is 10.1 Å². The Labute approximate surface area is 161 Å². The first-order valence-electron chi connectivity index (χ1n) is 9.26. The Hall–Kier alpha value is -2.81. The van der Waals surface area contributed by atoms with Gasteiger partial charge >= 0.3 is 0 Å². The van der Waals surface area contributed by atoms with Gasteiger partial charge in [-0.25, -0.2) is 4.39 Å². The topological polar surface area (TPSA) is 24.1 Å². The zero-order valence-corrected chi connectivity index (χ0v) is 16.5. The van der Waals surface area contributed by atoms with Crippen molar-refractivity contribution in [2.75, 3.05) is 5.32 Å². The van der Waals surface area contributed by atoms with Crippen LogP contribution in [-0.2, 0) is 6.42 Å². The van der Waals surface area contributed by atoms with E-state index in [4.69, 9.17) is 0 Å². The third-order valence-corrected chi connectivity index (χ3v) is 5.47. The normalized spacial score (nSPS) is 15.9. The van der Waals surface area contributed by atoms with E-state index >= 15 is 0 Å². The van der Waals surface area contributed by atoms with Gasteiger partial charge in [-0.3, -0.25) is 0 Å². The summed E-state index contributed by atoms with van der Waals surface area (Å²) in [4.78, 5) is 0. The van der Waals surface area contributed by atoms with Crippen LogP contribution in [0, 0.1) is 26.6 Å². The Morgan fingerprint density at radius 3 is 2.56 bits per heavy atom. The van der Waals surface area contributed by atoms with Gasteiger partial charge in [0.1, 0.15) is 5.82 Å². The molecule has 0 radical (unpaired) electrons. The summed E-state index contributed by atoms with van der Waals surface area (Å²) in [5, 5.41) is 6.85. The molecule has 2 aromatic carbocycles. The molecule has 3 heteroatoms. The van der Waals surface area contributed by atoms with Crippen molar-refractivity contribution in [1.82, 2.24) is 5.32 Å². The maximum Gasteiger partial charge on any atom is 0.132 e. The van der Waals surface area contributed by atoms with Crippen LogP contribution in [-0.4, -0.2) is 6.04 Å². The Bertz CT molecular complexity index is 933. The predicted molar refractivity (Wildman–Crippen MR) is 113 cm³/mol. The number of rotatable bonds is 5. The minimum atomic E-state index is -0.272. The standard InChI is InChI=1S/C24H27FN2/c1-7-21(26-18(6)24-15(3)9-8-10-20(24)25)17(5)23-13-19-16(4)14(2)11-12-22(19)27-23/h7-12,23,26-27H,5-6,13H2,1-4H3/b21-7+. The number of aryl methyl sites for hydroxylation is 2. The minimum Gasteiger partial charge on any atom is -0.378 e. The van der Waals surface area contributed by atoms with Gasteiger partial charge in [0, 0.05) is 22.6 Å². The maximum atomic E-state index is 14.3. The molecule has 1 aliphatic heterocycles. The molecule has 2 aromatic rings. The van der Waals surface area contributed by atoms with E-state index in [2.05, 4.69) is 49.8 Å². The zero-order valence-electron chi connectivity index (χ0n) is 16.5. The van der Waals surface area contributed by atoms with E-state index in [1.165, 1.54) is 28.4 Å². The van der Waals surface area contributed by atoms with Crippen molar-refractivity contribution in [2.24, 2.45) is 0 Å². The van der Waals surface area contributed by atoms with E-state index in [0.717, 1.165) is 23.3 Å². The summed E-state index contributed by atoms with van der Waals surface area (Å²) in [6.07, 6.45) is 2.86. The van der Waals surface area contributed by atoms with Crippen LogP contribution in [0.1, 0.15) is 34.7 Å². The van der Waals surface area contributed by atoms with Crippen LogP contribution in [0.5, 0.6) is 0 Å². The van der Waals surface area contributed by atoms with Crippen LogP contribution in [0.15, 0.2) is 60.8 Å². The highest BCUT2D eigenvalue weighted by molar-refractivity contribution is 5.69. The monoisotopic (exact) mass is 362 g/mol. The molecule has 1 unspecified atom stereocenters. The molecule has 0 bridgehead atoms. The summed E-state index contributed by atoms with van der Waals surface area (Å²) >= 11 is 0. The second kappa shape index (κ2) is 7.43. The van der Waals surface area contributed by atoms with Crippen LogP contribution in [0.2, 0.25) is 0 Å². The Balaban J connectivity index is 1.78. The van der Waals surface area contributed by atoms with E-state index in [-0.39, 0.29) is 11.9 Å². The predicted octanol–water partition coefficient (Wildman–Crippen LogP) is 5.81. The lowest BCUT2D eigenvalue weighted by Gasteiger charge is -2.21. The van der Waals surface area contributed by atoms with Crippen LogP contribution < -0.4 is 10.6 Å². The Morgan fingerprint density at radius 1 is 1.15 bits per heavy atom. The molecule has 0 aliphatic carbocycles. The van der Waals surface area contributed by atoms with Gasteiger partial charge in [-0.1, -0.05) is 37.4 Å². The lowest BCUT2D eigenvalue weighted by molar-refractivity contribution is 0.621. The van der Waals surface area contributed by atoms with Gasteiger partial charge in [-0.15, -0.1) is 0 Å². The molecule has 1 atom stereocenters. The van der Waals surface area contributed by atoms with Crippen molar-refractivity contribution in [3.05, 3.63) is 94.5 Å². The van der Waals surface area contributed by atoms with E-state index in [1.807, 2.05) is 26.0 Å². The highest BCUT2D eigenvalue weighted by Crippen LogP contribution is 2.34. The summed E-state index contributed by atoms with van der Waals surface area (Å²) in [6.45, 7) is 16.5. The fourth-order valence-electron chi connectivity index (χ4n) is 3.69. The SMILES string of the molecule is C=C(N/C(=C/C)C(=C)C1Cc2c(ccc(C)c2C)N1)c1c(C)cccc1F. The molecular weight excluding hydrogens is 335 g/mol. The largest absolute Gasteiger partial charge is 0.378 e. The van der Waals surface area contributed by atoms with E-state index in [1.54, 1.807) is 6.07 Å². The lowest BCUT2D eigenvalue weighted by Crippen LogP contribution is -2.25. The molecule has 3 rings (SSSR count). The number of nitrogens with one attached hydrogen (secondary N) is 2. The summed E-state index contributed by atoms with van der Waals surface area (Å²) in [5.74, 6) is -0.272. The highest BCUT2D eigenvalue weighted by atomic mass is 19.1. The number of hydrogen-bond donors (Lipinski definition) is 2. The van der Waals surface area contributed by atoms with Crippen molar-refractivity contribution in [1.29, 1.82) is 0 Å². The first kappa shape index (κ1) is 19.0. The third kappa shape index (κ3) is 3.55. The molecule has 2 N–H and O–H groups in total. The smallest absolute Gasteiger partial charge is 0.132 e. The quantitative estimate of drug-likeness (QED) is 0.656. The zero-order chi connectivity index (χ0) is 19.7. The molecule has 0 saturated heterocycles. The van der Waals surface area contributed by atoms with Gasteiger partial charge in [0.15, 0.2) is 0 Å². The molecule has 0 aromatic heterocycles. The molecular formula is C24H27FN2. The average Bonchev–Trinajstić information content (AvgIpc) is 3.07. The molecule has 1 aliphatic rings. The van der Waals surface area contributed by atoms with Gasteiger partial charge in [0.25, 0.3) is 0 Å². The number of anilines is 1. The molecule has 140 valence electrons. The van der Waals surface area contributed by atoms with Crippen LogP contribution in [0.3, 0.4) is 0 Å². The van der Waals surface area contributed by atoms with Gasteiger partial charge in [-0.05, 0) is 74.1 Å². The number of fused-ring (bicyclic) bond motifs is 1. The number of allylic oxidation sites excluding steroid dienone is 1. The van der Waals surface area contributed by atoms with Crippen LogP contribution >= 0.6 is 0 Å². The average molecular weight is 362 g/mol. The van der Waals surface area contributed by atoms with Crippen molar-refractivity contribution < 1.29 is 4.39 Å². The molecule has 0 saturated carbocycles. The van der Waals surface area contributed by atoms with Crippen molar-refractivity contribution in [3.8, 4) is 0 Å². The van der Waals surface area contributed by atoms with E-state index in [9.17, 15) is 4.39 Å². The fourth-order valence-corrected chi connectivity index (χ4v) is 3.69. The third-order valence-electron chi connectivity index (χ3n) is 5.47. The second-order valence-electron chi connectivity index (χ2n) is 7.20. The molecule has 1 heterocycles. The van der Waals surface area contributed by atoms with Gasteiger partial charge < -0.3 is 10.6 Å². The van der Waals surface area contributed by atoms with Crippen molar-refractivity contribution in [3.63, 3.8) is 0 Å². The molecule has 0 spiro atoms. The molecule has 0 amide bonds. The molecule has 27 heavy (non-hydrogen) atoms. The highest BCUT2D eigenvalue weighted by Gasteiger charge is 2.26. The Kier molecular flexibility index (Phi) is 5.22. The Morgan fingerprint density at radius 2 is 1.89 bits per heavy atom.